The lowest BCUT2D eigenvalue weighted by Crippen LogP contribution is -2.17. The van der Waals surface area contributed by atoms with Crippen molar-refractivity contribution in [1.82, 2.24) is 9.78 Å². The highest BCUT2D eigenvalue weighted by atomic mass is 32.1. The fourth-order valence-corrected chi connectivity index (χ4v) is 2.89. The van der Waals surface area contributed by atoms with Crippen molar-refractivity contribution < 1.29 is 18.0 Å². The van der Waals surface area contributed by atoms with Crippen molar-refractivity contribution >= 4 is 22.9 Å². The maximum absolute atomic E-state index is 13.0. The summed E-state index contributed by atoms with van der Waals surface area (Å²) in [6.45, 7) is 0. The minimum absolute atomic E-state index is 0.0649. The number of hydrogen-bond donors (Lipinski definition) is 1. The van der Waals surface area contributed by atoms with Crippen LogP contribution in [-0.4, -0.2) is 15.7 Å². The van der Waals surface area contributed by atoms with Crippen molar-refractivity contribution in [2.45, 2.75) is 12.6 Å². The lowest BCUT2D eigenvalue weighted by Gasteiger charge is -2.14. The third-order valence-electron chi connectivity index (χ3n) is 3.26. The standard InChI is InChI=1S/C16H12F3N3OS/c17-16(18,19)11-4-5-14(22-7-2-6-20-22)13(9-11)21-15(23)10-12-3-1-8-24-12/h1-9H,10H2,(H,21,23). The Morgan fingerprint density at radius 3 is 2.71 bits per heavy atom. The lowest BCUT2D eigenvalue weighted by molar-refractivity contribution is -0.137. The van der Waals surface area contributed by atoms with Crippen molar-refractivity contribution in [3.8, 4) is 5.69 Å². The highest BCUT2D eigenvalue weighted by Crippen LogP contribution is 2.33. The molecule has 1 N–H and O–H groups in total. The monoisotopic (exact) mass is 351 g/mol. The van der Waals surface area contributed by atoms with Crippen molar-refractivity contribution in [1.29, 1.82) is 0 Å². The van der Waals surface area contributed by atoms with Crippen molar-refractivity contribution in [3.63, 3.8) is 0 Å². The molecule has 0 aliphatic rings. The Labute approximate surface area is 139 Å². The molecule has 3 aromatic rings. The van der Waals surface area contributed by atoms with E-state index in [4.69, 9.17) is 0 Å². The van der Waals surface area contributed by atoms with E-state index in [1.807, 2.05) is 11.4 Å². The summed E-state index contributed by atoms with van der Waals surface area (Å²) < 4.78 is 40.3. The number of carbonyl (C=O) groups excluding carboxylic acids is 1. The highest BCUT2D eigenvalue weighted by molar-refractivity contribution is 7.10. The average Bonchev–Trinajstić information content (AvgIpc) is 3.19. The number of hydrogen-bond acceptors (Lipinski definition) is 3. The largest absolute Gasteiger partial charge is 0.416 e. The molecule has 8 heteroatoms. The van der Waals surface area contributed by atoms with E-state index < -0.39 is 11.7 Å². The van der Waals surface area contributed by atoms with Crippen LogP contribution in [0.2, 0.25) is 0 Å². The summed E-state index contributed by atoms with van der Waals surface area (Å²) >= 11 is 1.41. The topological polar surface area (TPSA) is 46.9 Å². The summed E-state index contributed by atoms with van der Waals surface area (Å²) in [4.78, 5) is 13.0. The summed E-state index contributed by atoms with van der Waals surface area (Å²) in [5.41, 5.74) is -0.396. The molecule has 0 saturated carbocycles. The van der Waals surface area contributed by atoms with E-state index in [1.54, 1.807) is 18.3 Å². The number of aromatic nitrogens is 2. The van der Waals surface area contributed by atoms with E-state index in [-0.39, 0.29) is 18.0 Å². The lowest BCUT2D eigenvalue weighted by atomic mass is 10.1. The Bertz CT molecular complexity index is 827. The van der Waals surface area contributed by atoms with Gasteiger partial charge in [-0.15, -0.1) is 11.3 Å². The van der Waals surface area contributed by atoms with Crippen LogP contribution in [0.1, 0.15) is 10.4 Å². The molecule has 1 amide bonds. The smallest absolute Gasteiger partial charge is 0.324 e. The summed E-state index contributed by atoms with van der Waals surface area (Å²) in [5.74, 6) is -0.384. The normalized spacial score (nSPS) is 11.5. The second-order valence-electron chi connectivity index (χ2n) is 4.98. The van der Waals surface area contributed by atoms with Gasteiger partial charge in [0.1, 0.15) is 0 Å². The van der Waals surface area contributed by atoms with Crippen LogP contribution in [0, 0.1) is 0 Å². The van der Waals surface area contributed by atoms with Gasteiger partial charge in [-0.1, -0.05) is 6.07 Å². The molecule has 124 valence electrons. The first-order chi connectivity index (χ1) is 11.4. The zero-order chi connectivity index (χ0) is 17.2. The van der Waals surface area contributed by atoms with E-state index in [1.165, 1.54) is 28.3 Å². The van der Waals surface area contributed by atoms with E-state index in [2.05, 4.69) is 10.4 Å². The first kappa shape index (κ1) is 16.3. The molecule has 0 saturated heterocycles. The SMILES string of the molecule is O=C(Cc1cccs1)Nc1cc(C(F)(F)F)ccc1-n1cccn1. The molecular weight excluding hydrogens is 339 g/mol. The van der Waals surface area contributed by atoms with Gasteiger partial charge < -0.3 is 5.32 Å². The van der Waals surface area contributed by atoms with Gasteiger partial charge in [-0.25, -0.2) is 4.68 Å². The molecule has 2 aromatic heterocycles. The van der Waals surface area contributed by atoms with Gasteiger partial charge in [0.2, 0.25) is 5.91 Å². The Morgan fingerprint density at radius 1 is 1.25 bits per heavy atom. The number of rotatable bonds is 4. The molecule has 0 fully saturated rings. The van der Waals surface area contributed by atoms with Crippen LogP contribution >= 0.6 is 11.3 Å². The molecule has 0 radical (unpaired) electrons. The maximum atomic E-state index is 13.0. The first-order valence-corrected chi connectivity index (χ1v) is 7.85. The fraction of sp³-hybridized carbons (Fsp3) is 0.125. The molecule has 3 rings (SSSR count). The molecule has 2 heterocycles. The van der Waals surface area contributed by atoms with Gasteiger partial charge in [0, 0.05) is 17.3 Å². The van der Waals surface area contributed by atoms with Gasteiger partial charge in [-0.3, -0.25) is 4.79 Å². The third kappa shape index (κ3) is 3.65. The Morgan fingerprint density at radius 2 is 2.08 bits per heavy atom. The molecule has 24 heavy (non-hydrogen) atoms. The number of nitrogens with one attached hydrogen (secondary N) is 1. The van der Waals surface area contributed by atoms with Crippen LogP contribution in [0.25, 0.3) is 5.69 Å². The number of thiophene rings is 1. The molecule has 0 atom stereocenters. The van der Waals surface area contributed by atoms with Crippen LogP contribution < -0.4 is 5.32 Å². The van der Waals surface area contributed by atoms with Crippen LogP contribution in [-0.2, 0) is 17.4 Å². The van der Waals surface area contributed by atoms with E-state index in [9.17, 15) is 18.0 Å². The van der Waals surface area contributed by atoms with Crippen molar-refractivity contribution in [2.24, 2.45) is 0 Å². The molecular formula is C16H12F3N3OS. The average molecular weight is 351 g/mol. The highest BCUT2D eigenvalue weighted by Gasteiger charge is 2.31. The molecule has 0 spiro atoms. The van der Waals surface area contributed by atoms with Gasteiger partial charge in [-0.05, 0) is 35.7 Å². The minimum Gasteiger partial charge on any atom is -0.324 e. The van der Waals surface area contributed by atoms with Gasteiger partial charge in [-0.2, -0.15) is 18.3 Å². The van der Waals surface area contributed by atoms with Gasteiger partial charge in [0.15, 0.2) is 0 Å². The number of benzene rings is 1. The first-order valence-electron chi connectivity index (χ1n) is 6.97. The number of carbonyl (C=O) groups is 1. The zero-order valence-corrected chi connectivity index (χ0v) is 13.1. The maximum Gasteiger partial charge on any atom is 0.416 e. The summed E-state index contributed by atoms with van der Waals surface area (Å²) in [6, 6.07) is 8.43. The van der Waals surface area contributed by atoms with E-state index in [0.717, 1.165) is 17.0 Å². The second-order valence-corrected chi connectivity index (χ2v) is 6.02. The van der Waals surface area contributed by atoms with Crippen LogP contribution in [0.4, 0.5) is 18.9 Å². The zero-order valence-electron chi connectivity index (χ0n) is 12.2. The predicted octanol–water partition coefficient (Wildman–Crippen LogP) is 4.13. The Kier molecular flexibility index (Phi) is 4.39. The van der Waals surface area contributed by atoms with E-state index >= 15 is 0 Å². The number of amides is 1. The molecule has 0 aliphatic carbocycles. The summed E-state index contributed by atoms with van der Waals surface area (Å²) in [6.07, 6.45) is -1.28. The number of nitrogens with zero attached hydrogens (tertiary/aromatic N) is 2. The predicted molar refractivity (Wildman–Crippen MR) is 85.2 cm³/mol. The molecule has 1 aromatic carbocycles. The summed E-state index contributed by atoms with van der Waals surface area (Å²) in [7, 11) is 0. The number of alkyl halides is 3. The quantitative estimate of drug-likeness (QED) is 0.768. The van der Waals surface area contributed by atoms with Gasteiger partial charge in [0.05, 0.1) is 23.4 Å². The van der Waals surface area contributed by atoms with E-state index in [0.29, 0.717) is 5.69 Å². The third-order valence-corrected chi connectivity index (χ3v) is 4.14. The van der Waals surface area contributed by atoms with Gasteiger partial charge in [0.25, 0.3) is 0 Å². The molecule has 0 bridgehead atoms. The molecule has 0 aliphatic heterocycles. The Balaban J connectivity index is 1.92. The van der Waals surface area contributed by atoms with Crippen molar-refractivity contribution in [3.05, 3.63) is 64.6 Å². The number of anilines is 1. The summed E-state index contributed by atoms with van der Waals surface area (Å²) in [5, 5.41) is 8.40. The number of halogens is 3. The fourth-order valence-electron chi connectivity index (χ4n) is 2.19. The van der Waals surface area contributed by atoms with Crippen LogP contribution in [0.3, 0.4) is 0 Å². The Hall–Kier alpha value is -2.61. The van der Waals surface area contributed by atoms with Crippen molar-refractivity contribution in [2.75, 3.05) is 5.32 Å². The van der Waals surface area contributed by atoms with Crippen LogP contribution in [0.15, 0.2) is 54.2 Å². The minimum atomic E-state index is -4.49. The second kappa shape index (κ2) is 6.48. The van der Waals surface area contributed by atoms with Gasteiger partial charge >= 0.3 is 6.18 Å². The van der Waals surface area contributed by atoms with Crippen LogP contribution in [0.5, 0.6) is 0 Å². The molecule has 4 nitrogen and oxygen atoms in total. The molecule has 0 unspecified atom stereocenters.